The van der Waals surface area contributed by atoms with Gasteiger partial charge in [0.15, 0.2) is 0 Å². The normalized spacial score (nSPS) is 11.3. The van der Waals surface area contributed by atoms with Crippen LogP contribution in [0.1, 0.15) is 11.1 Å². The molecule has 0 radical (unpaired) electrons. The lowest BCUT2D eigenvalue weighted by atomic mass is 10.1. The second kappa shape index (κ2) is 8.30. The lowest BCUT2D eigenvalue weighted by Gasteiger charge is -2.23. The fourth-order valence-corrected chi connectivity index (χ4v) is 3.86. The zero-order valence-electron chi connectivity index (χ0n) is 15.3. The second-order valence-electron chi connectivity index (χ2n) is 5.68. The zero-order chi connectivity index (χ0) is 19.4. The molecule has 8 nitrogen and oxygen atoms in total. The Kier molecular flexibility index (Phi) is 6.95. The van der Waals surface area contributed by atoms with E-state index in [1.165, 1.54) is 28.3 Å². The average Bonchev–Trinajstić information content (AvgIpc) is 2.53. The minimum absolute atomic E-state index is 0.138. The van der Waals surface area contributed by atoms with Gasteiger partial charge in [0.25, 0.3) is 0 Å². The fraction of sp³-hybridized carbons (Fsp3) is 0.500. The number of carbonyl (C=O) groups is 2. The number of sulfonamides is 1. The van der Waals surface area contributed by atoms with Gasteiger partial charge in [-0.15, -0.1) is 0 Å². The summed E-state index contributed by atoms with van der Waals surface area (Å²) in [6.45, 7) is 2.70. The van der Waals surface area contributed by atoms with Crippen LogP contribution in [0.15, 0.2) is 17.0 Å². The summed E-state index contributed by atoms with van der Waals surface area (Å²) >= 11 is 0. The van der Waals surface area contributed by atoms with Crippen molar-refractivity contribution >= 4 is 21.9 Å². The molecule has 0 atom stereocenters. The number of hydrogen-bond donors (Lipinski definition) is 0. The SMILES string of the molecule is COC(=O)CN(C)C(=O)CN(C)S(=O)(=O)c1c(C)cc(OC)cc1C. The Hall–Kier alpha value is -2.13. The molecular weight excluding hydrogens is 348 g/mol. The van der Waals surface area contributed by atoms with Crippen LogP contribution in [0.5, 0.6) is 5.75 Å². The molecule has 1 amide bonds. The van der Waals surface area contributed by atoms with Crippen molar-refractivity contribution < 1.29 is 27.5 Å². The molecule has 140 valence electrons. The number of carbonyl (C=O) groups excluding carboxylic acids is 2. The first-order valence-corrected chi connectivity index (χ1v) is 8.91. The van der Waals surface area contributed by atoms with Crippen molar-refractivity contribution in [3.05, 3.63) is 23.3 Å². The lowest BCUT2D eigenvalue weighted by molar-refractivity contribution is -0.146. The molecule has 0 bridgehead atoms. The van der Waals surface area contributed by atoms with Crippen LogP contribution in [0.2, 0.25) is 0 Å². The molecule has 1 rings (SSSR count). The molecule has 0 aliphatic heterocycles. The number of amides is 1. The van der Waals surface area contributed by atoms with Crippen LogP contribution in [-0.2, 0) is 24.3 Å². The molecule has 0 heterocycles. The van der Waals surface area contributed by atoms with Crippen molar-refractivity contribution in [2.75, 3.05) is 41.4 Å². The number of likely N-dealkylation sites (N-methyl/N-ethyl adjacent to an activating group) is 2. The Balaban J connectivity index is 3.03. The molecule has 0 saturated heterocycles. The van der Waals surface area contributed by atoms with Gasteiger partial charge in [-0.25, -0.2) is 8.42 Å². The van der Waals surface area contributed by atoms with E-state index in [2.05, 4.69) is 4.74 Å². The molecule has 1 aromatic rings. The van der Waals surface area contributed by atoms with Gasteiger partial charge in [-0.1, -0.05) is 0 Å². The maximum Gasteiger partial charge on any atom is 0.325 e. The topological polar surface area (TPSA) is 93.2 Å². The first kappa shape index (κ1) is 20.9. The van der Waals surface area contributed by atoms with Crippen molar-refractivity contribution in [2.24, 2.45) is 0 Å². The average molecular weight is 372 g/mol. The highest BCUT2D eigenvalue weighted by molar-refractivity contribution is 7.89. The Labute approximate surface area is 148 Å². The van der Waals surface area contributed by atoms with Crippen molar-refractivity contribution in [3.8, 4) is 5.75 Å². The number of aryl methyl sites for hydroxylation is 2. The standard InChI is InChI=1S/C16H24N2O6S/c1-11-7-13(23-5)8-12(2)16(11)25(21,22)18(4)9-14(19)17(3)10-15(20)24-6/h7-8H,9-10H2,1-6H3. The molecule has 0 aromatic heterocycles. The van der Waals surface area contributed by atoms with Crippen LogP contribution in [0.4, 0.5) is 0 Å². The number of esters is 1. The predicted octanol–water partition coefficient (Wildman–Crippen LogP) is 0.564. The largest absolute Gasteiger partial charge is 0.497 e. The van der Waals surface area contributed by atoms with Crippen LogP contribution in [0.3, 0.4) is 0 Å². The molecule has 0 aliphatic rings. The van der Waals surface area contributed by atoms with Gasteiger partial charge in [0.2, 0.25) is 15.9 Å². The minimum atomic E-state index is -3.87. The van der Waals surface area contributed by atoms with Crippen LogP contribution in [-0.4, -0.2) is 70.9 Å². The molecule has 0 fully saturated rings. The summed E-state index contributed by atoms with van der Waals surface area (Å²) in [5, 5.41) is 0. The third-order valence-corrected chi connectivity index (χ3v) is 5.83. The molecule has 0 unspecified atom stereocenters. The van der Waals surface area contributed by atoms with E-state index in [1.54, 1.807) is 26.0 Å². The van der Waals surface area contributed by atoms with Crippen LogP contribution < -0.4 is 4.74 Å². The van der Waals surface area contributed by atoms with Crippen LogP contribution in [0, 0.1) is 13.8 Å². The van der Waals surface area contributed by atoms with Gasteiger partial charge in [0, 0.05) is 14.1 Å². The Morgan fingerprint density at radius 3 is 2.00 bits per heavy atom. The van der Waals surface area contributed by atoms with Gasteiger partial charge in [0.1, 0.15) is 12.3 Å². The third kappa shape index (κ3) is 4.93. The lowest BCUT2D eigenvalue weighted by Crippen LogP contribution is -2.41. The van der Waals surface area contributed by atoms with Crippen molar-refractivity contribution in [1.82, 2.24) is 9.21 Å². The molecule has 0 spiro atoms. The maximum absolute atomic E-state index is 12.8. The number of nitrogens with zero attached hydrogens (tertiary/aromatic N) is 2. The minimum Gasteiger partial charge on any atom is -0.497 e. The van der Waals surface area contributed by atoms with E-state index in [4.69, 9.17) is 4.74 Å². The van der Waals surface area contributed by atoms with E-state index in [-0.39, 0.29) is 18.0 Å². The first-order valence-electron chi connectivity index (χ1n) is 7.47. The van der Waals surface area contributed by atoms with Gasteiger partial charge < -0.3 is 14.4 Å². The van der Waals surface area contributed by atoms with Crippen molar-refractivity contribution in [3.63, 3.8) is 0 Å². The van der Waals surface area contributed by atoms with E-state index in [9.17, 15) is 18.0 Å². The van der Waals surface area contributed by atoms with Crippen molar-refractivity contribution in [1.29, 1.82) is 0 Å². The van der Waals surface area contributed by atoms with Gasteiger partial charge in [-0.2, -0.15) is 4.31 Å². The highest BCUT2D eigenvalue weighted by Crippen LogP contribution is 2.27. The van der Waals surface area contributed by atoms with Gasteiger partial charge >= 0.3 is 5.97 Å². The molecule has 25 heavy (non-hydrogen) atoms. The highest BCUT2D eigenvalue weighted by Gasteiger charge is 2.28. The highest BCUT2D eigenvalue weighted by atomic mass is 32.2. The Bertz CT molecular complexity index is 737. The predicted molar refractivity (Wildman–Crippen MR) is 91.9 cm³/mol. The first-order chi connectivity index (χ1) is 11.5. The van der Waals surface area contributed by atoms with E-state index in [1.807, 2.05) is 0 Å². The van der Waals surface area contributed by atoms with Gasteiger partial charge in [-0.3, -0.25) is 9.59 Å². The van der Waals surface area contributed by atoms with E-state index >= 15 is 0 Å². The molecule has 1 aromatic carbocycles. The molecule has 0 N–H and O–H groups in total. The Morgan fingerprint density at radius 1 is 1.04 bits per heavy atom. The summed E-state index contributed by atoms with van der Waals surface area (Å²) in [5.41, 5.74) is 1.05. The number of benzene rings is 1. The van der Waals surface area contributed by atoms with E-state index < -0.39 is 21.9 Å². The van der Waals surface area contributed by atoms with E-state index in [0.29, 0.717) is 16.9 Å². The summed E-state index contributed by atoms with van der Waals surface area (Å²) in [7, 11) is 1.57. The van der Waals surface area contributed by atoms with E-state index in [0.717, 1.165) is 9.21 Å². The third-order valence-electron chi connectivity index (χ3n) is 3.72. The summed E-state index contributed by atoms with van der Waals surface area (Å²) in [5.74, 6) is -0.533. The molecule has 0 aliphatic carbocycles. The number of methoxy groups -OCH3 is 2. The maximum atomic E-state index is 12.8. The summed E-state index contributed by atoms with van der Waals surface area (Å²) < 4.78 is 36.3. The number of ether oxygens (including phenoxy) is 2. The Morgan fingerprint density at radius 2 is 1.56 bits per heavy atom. The summed E-state index contributed by atoms with van der Waals surface area (Å²) in [6.07, 6.45) is 0. The molecular formula is C16H24N2O6S. The fourth-order valence-electron chi connectivity index (χ4n) is 2.33. The number of hydrogen-bond acceptors (Lipinski definition) is 6. The van der Waals surface area contributed by atoms with Gasteiger partial charge in [0.05, 0.1) is 25.7 Å². The second-order valence-corrected chi connectivity index (χ2v) is 7.66. The van der Waals surface area contributed by atoms with Crippen LogP contribution >= 0.6 is 0 Å². The van der Waals surface area contributed by atoms with Crippen LogP contribution in [0.25, 0.3) is 0 Å². The molecule has 0 saturated carbocycles. The smallest absolute Gasteiger partial charge is 0.325 e. The molecule has 9 heteroatoms. The monoisotopic (exact) mass is 372 g/mol. The quantitative estimate of drug-likeness (QED) is 0.650. The van der Waals surface area contributed by atoms with Crippen molar-refractivity contribution in [2.45, 2.75) is 18.7 Å². The van der Waals surface area contributed by atoms with Gasteiger partial charge in [-0.05, 0) is 37.1 Å². The zero-order valence-corrected chi connectivity index (χ0v) is 16.1. The summed E-state index contributed by atoms with van der Waals surface area (Å²) in [6, 6.07) is 3.25. The summed E-state index contributed by atoms with van der Waals surface area (Å²) in [4.78, 5) is 24.6. The number of rotatable bonds is 7.